The van der Waals surface area contributed by atoms with Crippen molar-refractivity contribution in [1.29, 1.82) is 5.26 Å². The summed E-state index contributed by atoms with van der Waals surface area (Å²) in [6.07, 6.45) is 3.84. The maximum absolute atomic E-state index is 12.7. The highest BCUT2D eigenvalue weighted by molar-refractivity contribution is 7.16. The number of benzene rings is 1. The molecule has 1 unspecified atom stereocenters. The number of carbonyl (C=O) groups is 1. The first-order valence-corrected chi connectivity index (χ1v) is 10.2. The zero-order valence-corrected chi connectivity index (χ0v) is 17.1. The van der Waals surface area contributed by atoms with Gasteiger partial charge in [-0.2, -0.15) is 5.26 Å². The number of nitro benzene ring substituents is 1. The van der Waals surface area contributed by atoms with Crippen molar-refractivity contribution < 1.29 is 9.72 Å². The van der Waals surface area contributed by atoms with Gasteiger partial charge in [0.15, 0.2) is 0 Å². The van der Waals surface area contributed by atoms with E-state index in [0.717, 1.165) is 36.1 Å². The molecule has 6 nitrogen and oxygen atoms in total. The van der Waals surface area contributed by atoms with Crippen molar-refractivity contribution in [3.63, 3.8) is 0 Å². The minimum absolute atomic E-state index is 0.00671. The van der Waals surface area contributed by atoms with E-state index in [1.807, 2.05) is 0 Å². The fraction of sp³-hybridized carbons (Fsp3) is 0.429. The quantitative estimate of drug-likeness (QED) is 0.545. The highest BCUT2D eigenvalue weighted by atomic mass is 32.1. The molecule has 0 spiro atoms. The van der Waals surface area contributed by atoms with Crippen molar-refractivity contribution >= 4 is 27.9 Å². The van der Waals surface area contributed by atoms with Crippen LogP contribution in [0.5, 0.6) is 0 Å². The van der Waals surface area contributed by atoms with Crippen molar-refractivity contribution in [2.75, 3.05) is 5.32 Å². The van der Waals surface area contributed by atoms with Crippen LogP contribution in [-0.4, -0.2) is 10.8 Å². The summed E-state index contributed by atoms with van der Waals surface area (Å²) < 4.78 is 0. The number of rotatable bonds is 5. The Hall–Kier alpha value is -2.72. The second kappa shape index (κ2) is 7.72. The molecule has 1 amide bonds. The third-order valence-corrected chi connectivity index (χ3v) is 7.14. The van der Waals surface area contributed by atoms with E-state index in [2.05, 4.69) is 32.2 Å². The normalized spacial score (nSPS) is 16.1. The molecule has 146 valence electrons. The van der Waals surface area contributed by atoms with Crippen LogP contribution < -0.4 is 5.32 Å². The topological polar surface area (TPSA) is 96.0 Å². The van der Waals surface area contributed by atoms with Gasteiger partial charge in [-0.15, -0.1) is 11.3 Å². The molecular weight excluding hydrogens is 374 g/mol. The number of fused-ring (bicyclic) bond motifs is 1. The highest BCUT2D eigenvalue weighted by Crippen LogP contribution is 2.45. The molecule has 3 rings (SSSR count). The number of anilines is 1. The van der Waals surface area contributed by atoms with Crippen LogP contribution >= 0.6 is 11.3 Å². The van der Waals surface area contributed by atoms with E-state index < -0.39 is 10.8 Å². The Morgan fingerprint density at radius 2 is 2.14 bits per heavy atom. The lowest BCUT2D eigenvalue weighted by Crippen LogP contribution is -2.28. The fourth-order valence-corrected chi connectivity index (χ4v) is 5.02. The molecule has 1 aromatic heterocycles. The van der Waals surface area contributed by atoms with Gasteiger partial charge >= 0.3 is 0 Å². The number of amides is 1. The van der Waals surface area contributed by atoms with Crippen LogP contribution in [0, 0.1) is 32.8 Å². The molecule has 0 fully saturated rings. The zero-order chi connectivity index (χ0) is 20.5. The Morgan fingerprint density at radius 1 is 1.43 bits per heavy atom. The number of thiophene rings is 1. The van der Waals surface area contributed by atoms with Crippen molar-refractivity contribution in [3.8, 4) is 6.07 Å². The lowest BCUT2D eigenvalue weighted by atomic mass is 9.69. The van der Waals surface area contributed by atoms with Gasteiger partial charge < -0.3 is 5.32 Å². The predicted molar refractivity (Wildman–Crippen MR) is 110 cm³/mol. The Bertz CT molecular complexity index is 972. The van der Waals surface area contributed by atoms with Gasteiger partial charge in [-0.25, -0.2) is 0 Å². The summed E-state index contributed by atoms with van der Waals surface area (Å²) >= 11 is 1.43. The third kappa shape index (κ3) is 3.65. The second-order valence-electron chi connectivity index (χ2n) is 7.83. The lowest BCUT2D eigenvalue weighted by molar-refractivity contribution is -0.385. The minimum Gasteiger partial charge on any atom is -0.312 e. The molecule has 0 bridgehead atoms. The van der Waals surface area contributed by atoms with Crippen molar-refractivity contribution in [2.24, 2.45) is 11.3 Å². The molecule has 0 saturated heterocycles. The molecule has 1 atom stereocenters. The summed E-state index contributed by atoms with van der Waals surface area (Å²) in [6, 6.07) is 8.06. The van der Waals surface area contributed by atoms with E-state index in [-0.39, 0.29) is 16.7 Å². The van der Waals surface area contributed by atoms with Gasteiger partial charge in [-0.3, -0.25) is 14.9 Å². The fourth-order valence-electron chi connectivity index (χ4n) is 3.74. The summed E-state index contributed by atoms with van der Waals surface area (Å²) in [5, 5.41) is 24.1. The Kier molecular flexibility index (Phi) is 5.52. The second-order valence-corrected chi connectivity index (χ2v) is 8.94. The number of carbonyl (C=O) groups excluding carboxylic acids is 1. The van der Waals surface area contributed by atoms with E-state index in [0.29, 0.717) is 16.5 Å². The van der Waals surface area contributed by atoms with Crippen LogP contribution in [0.3, 0.4) is 0 Å². The zero-order valence-electron chi connectivity index (χ0n) is 16.2. The number of para-hydroxylation sites is 1. The van der Waals surface area contributed by atoms with E-state index >= 15 is 0 Å². The van der Waals surface area contributed by atoms with Crippen LogP contribution in [0.4, 0.5) is 10.7 Å². The third-order valence-electron chi connectivity index (χ3n) is 5.97. The van der Waals surface area contributed by atoms with E-state index in [9.17, 15) is 20.2 Å². The number of hydrogen-bond acceptors (Lipinski definition) is 5. The number of nitrogens with one attached hydrogen (secondary N) is 1. The summed E-state index contributed by atoms with van der Waals surface area (Å²) in [7, 11) is 0. The van der Waals surface area contributed by atoms with Gasteiger partial charge in [-0.05, 0) is 42.2 Å². The monoisotopic (exact) mass is 397 g/mol. The Morgan fingerprint density at radius 3 is 2.79 bits per heavy atom. The van der Waals surface area contributed by atoms with Crippen LogP contribution in [-0.2, 0) is 12.8 Å². The predicted octanol–water partition coefficient (Wildman–Crippen LogP) is 5.32. The molecule has 1 heterocycles. The molecule has 1 N–H and O–H groups in total. The van der Waals surface area contributed by atoms with Crippen molar-refractivity contribution in [2.45, 2.75) is 46.5 Å². The van der Waals surface area contributed by atoms with Gasteiger partial charge in [-0.1, -0.05) is 39.3 Å². The smallest absolute Gasteiger partial charge is 0.282 e. The van der Waals surface area contributed by atoms with Crippen molar-refractivity contribution in [1.82, 2.24) is 0 Å². The minimum atomic E-state index is -0.572. The molecule has 0 aliphatic heterocycles. The summed E-state index contributed by atoms with van der Waals surface area (Å²) in [4.78, 5) is 24.4. The first kappa shape index (κ1) is 20.0. The molecular formula is C21H23N3O3S. The standard InChI is InChI=1S/C21H23N3O3S/c1-4-21(2,3)13-9-10-14-16(12-22)20(28-18(14)11-13)23-19(25)15-7-5-6-8-17(15)24(26)27/h5-8,13H,4,9-11H2,1-3H3,(H,23,25). The van der Waals surface area contributed by atoms with Gasteiger partial charge in [0.05, 0.1) is 10.5 Å². The van der Waals surface area contributed by atoms with Crippen molar-refractivity contribution in [3.05, 3.63) is 55.9 Å². The van der Waals surface area contributed by atoms with E-state index in [1.54, 1.807) is 6.07 Å². The molecule has 0 saturated carbocycles. The largest absolute Gasteiger partial charge is 0.312 e. The Balaban J connectivity index is 1.90. The van der Waals surface area contributed by atoms with Crippen LogP contribution in [0.1, 0.15) is 60.0 Å². The van der Waals surface area contributed by atoms with Gasteiger partial charge in [0.25, 0.3) is 11.6 Å². The van der Waals surface area contributed by atoms with Gasteiger partial charge in [0.2, 0.25) is 0 Å². The van der Waals surface area contributed by atoms with E-state index in [4.69, 9.17) is 0 Å². The van der Waals surface area contributed by atoms with Gasteiger partial charge in [0.1, 0.15) is 16.6 Å². The molecule has 1 aromatic carbocycles. The highest BCUT2D eigenvalue weighted by Gasteiger charge is 2.34. The SMILES string of the molecule is CCC(C)(C)C1CCc2c(sc(NC(=O)c3ccccc3[N+](=O)[O-])c2C#N)C1. The summed E-state index contributed by atoms with van der Waals surface area (Å²) in [5.41, 5.74) is 1.49. The van der Waals surface area contributed by atoms with Crippen LogP contribution in [0.15, 0.2) is 24.3 Å². The molecule has 1 aliphatic rings. The number of nitro groups is 1. The van der Waals surface area contributed by atoms with Crippen LogP contribution in [0.2, 0.25) is 0 Å². The molecule has 2 aromatic rings. The first-order valence-electron chi connectivity index (χ1n) is 9.38. The number of hydrogen-bond donors (Lipinski definition) is 1. The number of nitriles is 1. The van der Waals surface area contributed by atoms with Gasteiger partial charge in [0, 0.05) is 10.9 Å². The first-order chi connectivity index (χ1) is 13.3. The average Bonchev–Trinajstić information content (AvgIpc) is 3.03. The summed E-state index contributed by atoms with van der Waals surface area (Å²) in [6.45, 7) is 6.75. The number of nitrogens with zero attached hydrogens (tertiary/aromatic N) is 2. The molecule has 0 radical (unpaired) electrons. The molecule has 7 heteroatoms. The van der Waals surface area contributed by atoms with Crippen LogP contribution in [0.25, 0.3) is 0 Å². The lowest BCUT2D eigenvalue weighted by Gasteiger charge is -2.36. The average molecular weight is 398 g/mol. The molecule has 1 aliphatic carbocycles. The summed E-state index contributed by atoms with van der Waals surface area (Å²) in [5.74, 6) is -0.0261. The van der Waals surface area contributed by atoms with E-state index in [1.165, 1.54) is 29.5 Å². The molecule has 28 heavy (non-hydrogen) atoms. The maximum atomic E-state index is 12.7. The Labute approximate surface area is 168 Å². The maximum Gasteiger partial charge on any atom is 0.282 e.